The lowest BCUT2D eigenvalue weighted by atomic mass is 9.88. The van der Waals surface area contributed by atoms with Crippen LogP contribution in [0.5, 0.6) is 0 Å². The predicted molar refractivity (Wildman–Crippen MR) is 140 cm³/mol. The Balaban J connectivity index is 1.58. The van der Waals surface area contributed by atoms with E-state index >= 15 is 0 Å². The molecule has 0 unspecified atom stereocenters. The Labute approximate surface area is 206 Å². The molecule has 6 nitrogen and oxygen atoms in total. The molecule has 1 aromatic heterocycles. The van der Waals surface area contributed by atoms with E-state index < -0.39 is 5.12 Å². The fraction of sp³-hybridized carbons (Fsp3) is 0.269. The second-order valence-corrected chi connectivity index (χ2v) is 11.2. The SMILES string of the molecule is CC(=O)C1=NN(c2ccccc2)[C@@]2(Nc3sc4c(c3C(=O)N2c2ccccc2)CC[C@@H](C)C4)S1. The Morgan fingerprint density at radius 2 is 1.76 bits per heavy atom. The first-order valence-electron chi connectivity index (χ1n) is 11.4. The van der Waals surface area contributed by atoms with Crippen LogP contribution in [0.1, 0.15) is 41.1 Å². The average Bonchev–Trinajstić information content (AvgIpc) is 3.39. The van der Waals surface area contributed by atoms with Crippen LogP contribution in [0.3, 0.4) is 0 Å². The number of thioether (sulfide) groups is 1. The summed E-state index contributed by atoms with van der Waals surface area (Å²) in [5, 5.41) is 10.3. The second-order valence-electron chi connectivity index (χ2n) is 8.98. The summed E-state index contributed by atoms with van der Waals surface area (Å²) < 4.78 is 0. The summed E-state index contributed by atoms with van der Waals surface area (Å²) in [6, 6.07) is 19.4. The van der Waals surface area contributed by atoms with Crippen LogP contribution in [-0.2, 0) is 17.6 Å². The van der Waals surface area contributed by atoms with Gasteiger partial charge in [0.15, 0.2) is 10.8 Å². The van der Waals surface area contributed by atoms with Gasteiger partial charge in [0.25, 0.3) is 11.0 Å². The lowest BCUT2D eigenvalue weighted by molar-refractivity contribution is -0.110. The van der Waals surface area contributed by atoms with Crippen molar-refractivity contribution < 1.29 is 9.59 Å². The Bertz CT molecular complexity index is 1320. The van der Waals surface area contributed by atoms with E-state index in [1.54, 1.807) is 21.2 Å². The van der Waals surface area contributed by atoms with Gasteiger partial charge < -0.3 is 5.32 Å². The van der Waals surface area contributed by atoms with Crippen molar-refractivity contribution in [2.24, 2.45) is 11.0 Å². The number of nitrogens with one attached hydrogen (secondary N) is 1. The predicted octanol–water partition coefficient (Wildman–Crippen LogP) is 5.71. The third-order valence-corrected chi connectivity index (χ3v) is 9.02. The summed E-state index contributed by atoms with van der Waals surface area (Å²) in [7, 11) is 0. The molecule has 2 aliphatic heterocycles. The van der Waals surface area contributed by atoms with Gasteiger partial charge in [-0.15, -0.1) is 11.3 Å². The number of para-hydroxylation sites is 2. The summed E-state index contributed by atoms with van der Waals surface area (Å²) >= 11 is 2.96. The van der Waals surface area contributed by atoms with Crippen molar-refractivity contribution in [1.29, 1.82) is 0 Å². The Kier molecular flexibility index (Phi) is 5.04. The van der Waals surface area contributed by atoms with E-state index in [2.05, 4.69) is 12.2 Å². The Morgan fingerprint density at radius 1 is 1.09 bits per heavy atom. The monoisotopic (exact) mass is 488 g/mol. The first kappa shape index (κ1) is 21.4. The highest BCUT2D eigenvalue weighted by Crippen LogP contribution is 2.52. The molecule has 1 aliphatic carbocycles. The summed E-state index contributed by atoms with van der Waals surface area (Å²) in [5.74, 6) is 0.423. The largest absolute Gasteiger partial charge is 0.325 e. The van der Waals surface area contributed by atoms with Crippen LogP contribution < -0.4 is 15.2 Å². The quantitative estimate of drug-likeness (QED) is 0.511. The number of anilines is 3. The zero-order chi connectivity index (χ0) is 23.4. The third-order valence-electron chi connectivity index (χ3n) is 6.54. The highest BCUT2D eigenvalue weighted by molar-refractivity contribution is 8.17. The third kappa shape index (κ3) is 3.20. The van der Waals surface area contributed by atoms with Gasteiger partial charge in [0.2, 0.25) is 0 Å². The maximum Gasteiger partial charge on any atom is 0.274 e. The van der Waals surface area contributed by atoms with Crippen LogP contribution in [0.15, 0.2) is 65.8 Å². The van der Waals surface area contributed by atoms with Crippen LogP contribution in [0.4, 0.5) is 16.4 Å². The molecule has 3 aliphatic rings. The lowest BCUT2D eigenvalue weighted by Crippen LogP contribution is -2.65. The Hall–Kier alpha value is -3.10. The number of amides is 1. The van der Waals surface area contributed by atoms with Gasteiger partial charge in [-0.2, -0.15) is 5.10 Å². The summed E-state index contributed by atoms with van der Waals surface area (Å²) in [6.45, 7) is 3.79. The number of carbonyl (C=O) groups is 2. The number of Topliss-reactive ketones (excluding diaryl/α,β-unsaturated/α-hetero) is 1. The van der Waals surface area contributed by atoms with Crippen molar-refractivity contribution in [1.82, 2.24) is 0 Å². The van der Waals surface area contributed by atoms with E-state index in [0.717, 1.165) is 41.2 Å². The minimum atomic E-state index is -1.13. The van der Waals surface area contributed by atoms with Crippen LogP contribution in [0.25, 0.3) is 0 Å². The number of hydrazone groups is 1. The zero-order valence-corrected chi connectivity index (χ0v) is 20.6. The Morgan fingerprint density at radius 3 is 2.44 bits per heavy atom. The number of nitrogens with zero attached hydrogens (tertiary/aromatic N) is 3. The highest BCUT2D eigenvalue weighted by atomic mass is 32.2. The molecule has 2 aromatic carbocycles. The van der Waals surface area contributed by atoms with Crippen molar-refractivity contribution in [2.45, 2.75) is 38.2 Å². The van der Waals surface area contributed by atoms with Crippen LogP contribution in [0, 0.1) is 5.92 Å². The molecule has 1 N–H and O–H groups in total. The van der Waals surface area contributed by atoms with E-state index in [1.165, 1.54) is 29.1 Å². The number of rotatable bonds is 3. The van der Waals surface area contributed by atoms with Gasteiger partial charge in [-0.05, 0) is 66.8 Å². The molecule has 0 bridgehead atoms. The van der Waals surface area contributed by atoms with Crippen molar-refractivity contribution in [2.75, 3.05) is 15.2 Å². The minimum Gasteiger partial charge on any atom is -0.325 e. The fourth-order valence-electron chi connectivity index (χ4n) is 4.91. The molecular formula is C26H24N4O2S2. The smallest absolute Gasteiger partial charge is 0.274 e. The zero-order valence-electron chi connectivity index (χ0n) is 18.9. The maximum atomic E-state index is 14.4. The van der Waals surface area contributed by atoms with Gasteiger partial charge in [-0.25, -0.2) is 5.01 Å². The molecule has 0 radical (unpaired) electrons. The van der Waals surface area contributed by atoms with Gasteiger partial charge in [-0.3, -0.25) is 14.5 Å². The summed E-state index contributed by atoms with van der Waals surface area (Å²) in [4.78, 5) is 29.9. The first-order valence-corrected chi connectivity index (χ1v) is 13.1. The number of fused-ring (bicyclic) bond motifs is 3. The number of thiophene rings is 1. The molecule has 1 spiro atoms. The first-order chi connectivity index (χ1) is 16.5. The number of carbonyl (C=O) groups excluding carboxylic acids is 2. The van der Waals surface area contributed by atoms with Crippen molar-refractivity contribution >= 4 is 56.2 Å². The molecule has 3 aromatic rings. The van der Waals surface area contributed by atoms with Crippen molar-refractivity contribution in [3.05, 3.63) is 76.7 Å². The topological polar surface area (TPSA) is 65.0 Å². The van der Waals surface area contributed by atoms with Crippen LogP contribution in [-0.4, -0.2) is 21.9 Å². The summed E-state index contributed by atoms with van der Waals surface area (Å²) in [5.41, 5.74) is 3.49. The molecule has 0 saturated carbocycles. The summed E-state index contributed by atoms with van der Waals surface area (Å²) in [6.07, 6.45) is 2.99. The molecule has 34 heavy (non-hydrogen) atoms. The molecule has 1 amide bonds. The molecular weight excluding hydrogens is 464 g/mol. The van der Waals surface area contributed by atoms with Crippen LogP contribution in [0.2, 0.25) is 0 Å². The maximum absolute atomic E-state index is 14.4. The number of hydrogen-bond acceptors (Lipinski definition) is 7. The van der Waals surface area contributed by atoms with E-state index in [1.807, 2.05) is 60.7 Å². The molecule has 8 heteroatoms. The highest BCUT2D eigenvalue weighted by Gasteiger charge is 2.57. The number of ketones is 1. The molecule has 3 heterocycles. The molecule has 2 atom stereocenters. The van der Waals surface area contributed by atoms with E-state index in [0.29, 0.717) is 11.0 Å². The normalized spacial score (nSPS) is 23.4. The molecule has 6 rings (SSSR count). The van der Waals surface area contributed by atoms with E-state index in [9.17, 15) is 9.59 Å². The van der Waals surface area contributed by atoms with E-state index in [-0.39, 0.29) is 11.7 Å². The fourth-order valence-corrected chi connectivity index (χ4v) is 7.62. The number of benzene rings is 2. The van der Waals surface area contributed by atoms with Crippen molar-refractivity contribution in [3.63, 3.8) is 0 Å². The second kappa shape index (κ2) is 7.99. The average molecular weight is 489 g/mol. The molecule has 0 fully saturated rings. The van der Waals surface area contributed by atoms with Gasteiger partial charge >= 0.3 is 0 Å². The number of hydrogen-bond donors (Lipinski definition) is 1. The van der Waals surface area contributed by atoms with Gasteiger partial charge in [0.1, 0.15) is 5.00 Å². The van der Waals surface area contributed by atoms with Gasteiger partial charge in [0, 0.05) is 17.5 Å². The van der Waals surface area contributed by atoms with Gasteiger partial charge in [-0.1, -0.05) is 43.3 Å². The van der Waals surface area contributed by atoms with E-state index in [4.69, 9.17) is 5.10 Å². The molecule has 0 saturated heterocycles. The standard InChI is InChI=1S/C26H24N4O2S2/c1-16-13-14-20-21(15-16)33-24-22(20)25(32)29(18-9-5-3-6-10-18)26(27-24)30(19-11-7-4-8-12-19)28-23(34-26)17(2)31/h3-12,16,27H,13-15H2,1-2H3/t16-,26+/m1/s1. The molecule has 172 valence electrons. The minimum absolute atomic E-state index is 0.0552. The lowest BCUT2D eigenvalue weighted by Gasteiger charge is -2.47. The van der Waals surface area contributed by atoms with Crippen molar-refractivity contribution in [3.8, 4) is 0 Å². The van der Waals surface area contributed by atoms with Gasteiger partial charge in [0.05, 0.1) is 11.3 Å². The van der Waals surface area contributed by atoms with Crippen LogP contribution >= 0.6 is 23.1 Å².